The summed E-state index contributed by atoms with van der Waals surface area (Å²) >= 11 is 0. The summed E-state index contributed by atoms with van der Waals surface area (Å²) in [5.41, 5.74) is 1.68. The van der Waals surface area contributed by atoms with Gasteiger partial charge in [0.05, 0.1) is 5.56 Å². The number of pyridine rings is 1. The number of amides is 1. The molecule has 0 aliphatic rings. The molecule has 0 aliphatic heterocycles. The van der Waals surface area contributed by atoms with Crippen molar-refractivity contribution in [1.29, 1.82) is 0 Å². The number of nitrogens with zero attached hydrogens (tertiary/aromatic N) is 2. The molecule has 134 valence electrons. The van der Waals surface area contributed by atoms with Gasteiger partial charge in [0.15, 0.2) is 0 Å². The Balaban J connectivity index is 1.88. The van der Waals surface area contributed by atoms with Crippen LogP contribution in [0.1, 0.15) is 42.6 Å². The molecule has 1 aromatic carbocycles. The van der Waals surface area contributed by atoms with E-state index in [0.717, 1.165) is 43.7 Å². The van der Waals surface area contributed by atoms with Crippen LogP contribution in [0.15, 0.2) is 42.6 Å². The van der Waals surface area contributed by atoms with Gasteiger partial charge in [0, 0.05) is 25.8 Å². The standard InChI is InChI=1S/C20H26FN3O/c1-3-13-24(14-4-2)20(25)17-7-10-19(23-15-17)22-12-11-16-5-8-18(21)9-6-16/h5-10,15H,3-4,11-14H2,1-2H3,(H,22,23). The van der Waals surface area contributed by atoms with Crippen molar-refractivity contribution in [3.05, 3.63) is 59.5 Å². The van der Waals surface area contributed by atoms with Crippen molar-refractivity contribution in [2.75, 3.05) is 25.0 Å². The Hall–Kier alpha value is -2.43. The molecule has 2 rings (SSSR count). The molecule has 25 heavy (non-hydrogen) atoms. The van der Waals surface area contributed by atoms with Crippen molar-refractivity contribution in [3.8, 4) is 0 Å². The second kappa shape index (κ2) is 9.77. The lowest BCUT2D eigenvalue weighted by Crippen LogP contribution is -2.32. The summed E-state index contributed by atoms with van der Waals surface area (Å²) in [5, 5.41) is 3.22. The highest BCUT2D eigenvalue weighted by Gasteiger charge is 2.14. The predicted molar refractivity (Wildman–Crippen MR) is 99.3 cm³/mol. The summed E-state index contributed by atoms with van der Waals surface area (Å²) in [6, 6.07) is 10.1. The van der Waals surface area contributed by atoms with E-state index in [1.54, 1.807) is 18.3 Å². The van der Waals surface area contributed by atoms with Gasteiger partial charge in [0.2, 0.25) is 0 Å². The fourth-order valence-electron chi connectivity index (χ4n) is 2.65. The lowest BCUT2D eigenvalue weighted by molar-refractivity contribution is 0.0755. The maximum absolute atomic E-state index is 12.9. The molecular formula is C20H26FN3O. The SMILES string of the molecule is CCCN(CCC)C(=O)c1ccc(NCCc2ccc(F)cc2)nc1. The Morgan fingerprint density at radius 2 is 1.76 bits per heavy atom. The number of carbonyl (C=O) groups is 1. The second-order valence-electron chi connectivity index (χ2n) is 6.03. The van der Waals surface area contributed by atoms with Crippen molar-refractivity contribution in [1.82, 2.24) is 9.88 Å². The average molecular weight is 343 g/mol. The number of anilines is 1. The highest BCUT2D eigenvalue weighted by Crippen LogP contribution is 2.10. The van der Waals surface area contributed by atoms with Gasteiger partial charge in [0.1, 0.15) is 11.6 Å². The number of nitrogens with one attached hydrogen (secondary N) is 1. The Morgan fingerprint density at radius 1 is 1.08 bits per heavy atom. The van der Waals surface area contributed by atoms with E-state index in [4.69, 9.17) is 0 Å². The zero-order valence-corrected chi connectivity index (χ0v) is 15.0. The molecule has 0 radical (unpaired) electrons. The van der Waals surface area contributed by atoms with E-state index in [1.165, 1.54) is 12.1 Å². The Kier molecular flexibility index (Phi) is 7.38. The first-order valence-corrected chi connectivity index (χ1v) is 8.87. The maximum atomic E-state index is 12.9. The van der Waals surface area contributed by atoms with E-state index in [1.807, 2.05) is 17.0 Å². The third-order valence-electron chi connectivity index (χ3n) is 3.92. The van der Waals surface area contributed by atoms with Gasteiger partial charge < -0.3 is 10.2 Å². The summed E-state index contributed by atoms with van der Waals surface area (Å²) in [4.78, 5) is 18.7. The van der Waals surface area contributed by atoms with Crippen molar-refractivity contribution < 1.29 is 9.18 Å². The monoisotopic (exact) mass is 343 g/mol. The van der Waals surface area contributed by atoms with Gasteiger partial charge in [-0.25, -0.2) is 9.37 Å². The average Bonchev–Trinajstić information content (AvgIpc) is 2.63. The van der Waals surface area contributed by atoms with Gasteiger partial charge in [-0.05, 0) is 49.1 Å². The van der Waals surface area contributed by atoms with Crippen LogP contribution in [-0.2, 0) is 6.42 Å². The van der Waals surface area contributed by atoms with Gasteiger partial charge in [-0.1, -0.05) is 26.0 Å². The molecule has 0 atom stereocenters. The van der Waals surface area contributed by atoms with Crippen molar-refractivity contribution in [2.24, 2.45) is 0 Å². The molecule has 0 unspecified atom stereocenters. The summed E-state index contributed by atoms with van der Waals surface area (Å²) < 4.78 is 12.9. The van der Waals surface area contributed by atoms with Gasteiger partial charge >= 0.3 is 0 Å². The predicted octanol–water partition coefficient (Wildman–Crippen LogP) is 4.14. The number of aromatic nitrogens is 1. The molecule has 5 heteroatoms. The molecule has 0 fully saturated rings. The maximum Gasteiger partial charge on any atom is 0.255 e. The number of hydrogen-bond acceptors (Lipinski definition) is 3. The molecule has 0 bridgehead atoms. The Labute approximate surface area is 149 Å². The smallest absolute Gasteiger partial charge is 0.255 e. The molecular weight excluding hydrogens is 317 g/mol. The first-order chi connectivity index (χ1) is 12.1. The van der Waals surface area contributed by atoms with Crippen LogP contribution in [0.3, 0.4) is 0 Å². The van der Waals surface area contributed by atoms with Crippen LogP contribution in [0.4, 0.5) is 10.2 Å². The topological polar surface area (TPSA) is 45.2 Å². The second-order valence-corrected chi connectivity index (χ2v) is 6.03. The summed E-state index contributed by atoms with van der Waals surface area (Å²) in [5.74, 6) is 0.545. The lowest BCUT2D eigenvalue weighted by Gasteiger charge is -2.21. The zero-order chi connectivity index (χ0) is 18.1. The summed E-state index contributed by atoms with van der Waals surface area (Å²) in [6.07, 6.45) is 4.30. The van der Waals surface area contributed by atoms with Crippen molar-refractivity contribution in [3.63, 3.8) is 0 Å². The highest BCUT2D eigenvalue weighted by molar-refractivity contribution is 5.94. The molecule has 1 N–H and O–H groups in total. The van der Waals surface area contributed by atoms with Crippen LogP contribution >= 0.6 is 0 Å². The van der Waals surface area contributed by atoms with Gasteiger partial charge in [-0.15, -0.1) is 0 Å². The molecule has 4 nitrogen and oxygen atoms in total. The van der Waals surface area contributed by atoms with Crippen molar-refractivity contribution >= 4 is 11.7 Å². The normalized spacial score (nSPS) is 10.5. The molecule has 1 heterocycles. The van der Waals surface area contributed by atoms with E-state index in [2.05, 4.69) is 24.1 Å². The Bertz CT molecular complexity index is 650. The highest BCUT2D eigenvalue weighted by atomic mass is 19.1. The van der Waals surface area contributed by atoms with Crippen LogP contribution in [0.2, 0.25) is 0 Å². The molecule has 0 saturated carbocycles. The summed E-state index contributed by atoms with van der Waals surface area (Å²) in [6.45, 7) is 6.38. The third kappa shape index (κ3) is 5.85. The molecule has 0 spiro atoms. The van der Waals surface area contributed by atoms with E-state index in [9.17, 15) is 9.18 Å². The zero-order valence-electron chi connectivity index (χ0n) is 15.0. The largest absolute Gasteiger partial charge is 0.370 e. The van der Waals surface area contributed by atoms with Gasteiger partial charge in [-0.2, -0.15) is 0 Å². The van der Waals surface area contributed by atoms with E-state index >= 15 is 0 Å². The number of benzene rings is 1. The van der Waals surface area contributed by atoms with E-state index in [0.29, 0.717) is 12.1 Å². The minimum absolute atomic E-state index is 0.0362. The van der Waals surface area contributed by atoms with E-state index < -0.39 is 0 Å². The minimum atomic E-state index is -0.223. The quantitative estimate of drug-likeness (QED) is 0.744. The van der Waals surface area contributed by atoms with E-state index in [-0.39, 0.29) is 11.7 Å². The number of rotatable bonds is 9. The fraction of sp³-hybridized carbons (Fsp3) is 0.400. The molecule has 0 aliphatic carbocycles. The Morgan fingerprint density at radius 3 is 2.32 bits per heavy atom. The number of halogens is 1. The third-order valence-corrected chi connectivity index (χ3v) is 3.92. The molecule has 1 amide bonds. The van der Waals surface area contributed by atoms with Crippen LogP contribution in [0, 0.1) is 5.82 Å². The van der Waals surface area contributed by atoms with Crippen LogP contribution in [0.5, 0.6) is 0 Å². The van der Waals surface area contributed by atoms with Gasteiger partial charge in [-0.3, -0.25) is 4.79 Å². The van der Waals surface area contributed by atoms with Crippen LogP contribution in [-0.4, -0.2) is 35.4 Å². The first kappa shape index (κ1) is 18.9. The fourth-order valence-corrected chi connectivity index (χ4v) is 2.65. The lowest BCUT2D eigenvalue weighted by atomic mass is 10.1. The van der Waals surface area contributed by atoms with Crippen molar-refractivity contribution in [2.45, 2.75) is 33.1 Å². The first-order valence-electron chi connectivity index (χ1n) is 8.87. The minimum Gasteiger partial charge on any atom is -0.370 e. The van der Waals surface area contributed by atoms with Crippen LogP contribution in [0.25, 0.3) is 0 Å². The molecule has 1 aromatic heterocycles. The van der Waals surface area contributed by atoms with Crippen LogP contribution < -0.4 is 5.32 Å². The van der Waals surface area contributed by atoms with Gasteiger partial charge in [0.25, 0.3) is 5.91 Å². The number of hydrogen-bond donors (Lipinski definition) is 1. The molecule has 2 aromatic rings. The molecule has 0 saturated heterocycles. The number of carbonyl (C=O) groups excluding carboxylic acids is 1. The summed E-state index contributed by atoms with van der Waals surface area (Å²) in [7, 11) is 0.